The monoisotopic (exact) mass is 466 g/mol. The predicted octanol–water partition coefficient (Wildman–Crippen LogP) is 2.58. The molecule has 1 saturated heterocycles. The van der Waals surface area contributed by atoms with E-state index in [4.69, 9.17) is 4.42 Å². The lowest BCUT2D eigenvalue weighted by atomic mass is 9.88. The SMILES string of the molecule is Cc1nc([C@H](C(=O)N(C)C)N2C(=O)[C@@H](C3Cc4ccccc4C3)NC(=O)[C@H]2CC(C)C)c(C)o1. The zero-order valence-corrected chi connectivity index (χ0v) is 20.8. The normalized spacial score (nSPS) is 21.6. The van der Waals surface area contributed by atoms with Crippen LogP contribution in [0.3, 0.4) is 0 Å². The first-order chi connectivity index (χ1) is 16.1. The molecule has 8 heteroatoms. The molecule has 4 rings (SSSR count). The van der Waals surface area contributed by atoms with Gasteiger partial charge in [0.25, 0.3) is 5.91 Å². The number of carbonyl (C=O) groups is 3. The van der Waals surface area contributed by atoms with E-state index in [1.807, 2.05) is 26.0 Å². The van der Waals surface area contributed by atoms with Gasteiger partial charge in [0.15, 0.2) is 11.9 Å². The molecule has 2 aliphatic rings. The van der Waals surface area contributed by atoms with Gasteiger partial charge in [0.05, 0.1) is 0 Å². The number of hydrogen-bond donors (Lipinski definition) is 1. The number of rotatable bonds is 6. The van der Waals surface area contributed by atoms with Crippen LogP contribution in [-0.4, -0.2) is 58.7 Å². The fourth-order valence-electron chi connectivity index (χ4n) is 5.29. The number of hydrogen-bond acceptors (Lipinski definition) is 5. The van der Waals surface area contributed by atoms with Crippen molar-refractivity contribution in [1.82, 2.24) is 20.1 Å². The van der Waals surface area contributed by atoms with Crippen LogP contribution >= 0.6 is 0 Å². The number of oxazole rings is 1. The van der Waals surface area contributed by atoms with Crippen LogP contribution in [-0.2, 0) is 27.2 Å². The average molecular weight is 467 g/mol. The maximum Gasteiger partial charge on any atom is 0.251 e. The molecular formula is C26H34N4O4. The molecule has 1 aliphatic heterocycles. The molecule has 1 aliphatic carbocycles. The molecule has 1 N–H and O–H groups in total. The standard InChI is InChI=1S/C26H34N4O4/c1-14(2)11-20-24(31)28-22(19-12-17-9-7-8-10-18(17)13-19)25(32)30(20)23(26(33)29(5)6)21-15(3)34-16(4)27-21/h7-10,14,19-20,22-23H,11-13H2,1-6H3,(H,28,31)/t20-,22-,23-/m1/s1. The highest BCUT2D eigenvalue weighted by Crippen LogP contribution is 2.36. The maximum absolute atomic E-state index is 14.1. The van der Waals surface area contributed by atoms with Gasteiger partial charge < -0.3 is 19.5 Å². The number of nitrogens with zero attached hydrogens (tertiary/aromatic N) is 3. The molecule has 0 unspecified atom stereocenters. The lowest BCUT2D eigenvalue weighted by Crippen LogP contribution is -2.67. The van der Waals surface area contributed by atoms with Crippen LogP contribution < -0.4 is 5.32 Å². The summed E-state index contributed by atoms with van der Waals surface area (Å²) in [6, 6.07) is 5.64. The second-order valence-corrected chi connectivity index (χ2v) is 10.1. The summed E-state index contributed by atoms with van der Waals surface area (Å²) in [6.45, 7) is 7.46. The molecule has 3 amide bonds. The summed E-state index contributed by atoms with van der Waals surface area (Å²) in [6.07, 6.45) is 1.87. The third kappa shape index (κ3) is 4.33. The molecule has 0 bridgehead atoms. The third-order valence-corrected chi connectivity index (χ3v) is 6.86. The van der Waals surface area contributed by atoms with Crippen LogP contribution in [0.1, 0.15) is 54.8 Å². The molecule has 182 valence electrons. The van der Waals surface area contributed by atoms with E-state index < -0.39 is 18.1 Å². The van der Waals surface area contributed by atoms with Gasteiger partial charge in [0, 0.05) is 21.0 Å². The Morgan fingerprint density at radius 3 is 2.29 bits per heavy atom. The van der Waals surface area contributed by atoms with Gasteiger partial charge in [-0.25, -0.2) is 4.98 Å². The van der Waals surface area contributed by atoms with E-state index in [0.29, 0.717) is 36.6 Å². The Labute approximate surface area is 200 Å². The molecular weight excluding hydrogens is 432 g/mol. The minimum atomic E-state index is -1.03. The molecule has 0 spiro atoms. The van der Waals surface area contributed by atoms with E-state index in [0.717, 1.165) is 0 Å². The zero-order valence-electron chi connectivity index (χ0n) is 20.8. The van der Waals surface area contributed by atoms with Gasteiger partial charge in [0.1, 0.15) is 23.5 Å². The Morgan fingerprint density at radius 1 is 1.18 bits per heavy atom. The first-order valence-electron chi connectivity index (χ1n) is 11.9. The number of benzene rings is 1. The summed E-state index contributed by atoms with van der Waals surface area (Å²) in [7, 11) is 3.29. The van der Waals surface area contributed by atoms with Gasteiger partial charge in [0.2, 0.25) is 11.8 Å². The Morgan fingerprint density at radius 2 is 1.79 bits per heavy atom. The fraction of sp³-hybridized carbons (Fsp3) is 0.538. The van der Waals surface area contributed by atoms with Crippen LogP contribution in [0, 0.1) is 25.7 Å². The molecule has 1 aromatic carbocycles. The van der Waals surface area contributed by atoms with Gasteiger partial charge >= 0.3 is 0 Å². The first-order valence-corrected chi connectivity index (χ1v) is 11.9. The van der Waals surface area contributed by atoms with E-state index in [1.165, 1.54) is 20.9 Å². The Kier molecular flexibility index (Phi) is 6.51. The maximum atomic E-state index is 14.1. The average Bonchev–Trinajstić information content (AvgIpc) is 3.34. The summed E-state index contributed by atoms with van der Waals surface area (Å²) in [5, 5.41) is 3.02. The van der Waals surface area contributed by atoms with Crippen molar-refractivity contribution in [3.8, 4) is 0 Å². The molecule has 0 saturated carbocycles. The highest BCUT2D eigenvalue weighted by molar-refractivity contribution is 6.00. The molecule has 3 atom stereocenters. The molecule has 8 nitrogen and oxygen atoms in total. The molecule has 1 fully saturated rings. The number of carbonyl (C=O) groups excluding carboxylic acids is 3. The largest absolute Gasteiger partial charge is 0.446 e. The highest BCUT2D eigenvalue weighted by Gasteiger charge is 2.50. The van der Waals surface area contributed by atoms with Crippen LogP contribution in [0.5, 0.6) is 0 Å². The molecule has 2 aromatic rings. The summed E-state index contributed by atoms with van der Waals surface area (Å²) in [5.74, 6) is 0.222. The van der Waals surface area contributed by atoms with Crippen molar-refractivity contribution in [2.75, 3.05) is 14.1 Å². The Hall–Kier alpha value is -3.16. The predicted molar refractivity (Wildman–Crippen MR) is 127 cm³/mol. The molecule has 2 heterocycles. The van der Waals surface area contributed by atoms with Crippen molar-refractivity contribution in [3.05, 3.63) is 52.7 Å². The van der Waals surface area contributed by atoms with Crippen molar-refractivity contribution < 1.29 is 18.8 Å². The van der Waals surface area contributed by atoms with Crippen LogP contribution in [0.25, 0.3) is 0 Å². The minimum Gasteiger partial charge on any atom is -0.446 e. The number of piperazine rings is 1. The van der Waals surface area contributed by atoms with Crippen molar-refractivity contribution in [2.24, 2.45) is 11.8 Å². The molecule has 0 radical (unpaired) electrons. The van der Waals surface area contributed by atoms with E-state index in [2.05, 4.69) is 22.4 Å². The number of likely N-dealkylation sites (N-methyl/N-ethyl adjacent to an activating group) is 1. The minimum absolute atomic E-state index is 0.0633. The molecule has 1 aromatic heterocycles. The lowest BCUT2D eigenvalue weighted by molar-refractivity contribution is -0.159. The number of fused-ring (bicyclic) bond motifs is 1. The lowest BCUT2D eigenvalue weighted by Gasteiger charge is -2.44. The van der Waals surface area contributed by atoms with Gasteiger partial charge in [-0.05, 0) is 49.1 Å². The van der Waals surface area contributed by atoms with E-state index in [-0.39, 0.29) is 29.6 Å². The topological polar surface area (TPSA) is 95.8 Å². The second-order valence-electron chi connectivity index (χ2n) is 10.1. The van der Waals surface area contributed by atoms with Crippen LogP contribution in [0.2, 0.25) is 0 Å². The summed E-state index contributed by atoms with van der Waals surface area (Å²) in [4.78, 5) is 48.5. The van der Waals surface area contributed by atoms with Gasteiger partial charge in [-0.3, -0.25) is 14.4 Å². The molecule has 34 heavy (non-hydrogen) atoms. The van der Waals surface area contributed by atoms with Crippen molar-refractivity contribution in [3.63, 3.8) is 0 Å². The van der Waals surface area contributed by atoms with Crippen molar-refractivity contribution in [2.45, 2.75) is 65.1 Å². The van der Waals surface area contributed by atoms with E-state index >= 15 is 0 Å². The number of aromatic nitrogens is 1. The Balaban J connectivity index is 1.77. The van der Waals surface area contributed by atoms with Gasteiger partial charge in [-0.15, -0.1) is 0 Å². The van der Waals surface area contributed by atoms with Crippen LogP contribution in [0.15, 0.2) is 28.7 Å². The van der Waals surface area contributed by atoms with E-state index in [1.54, 1.807) is 27.9 Å². The van der Waals surface area contributed by atoms with Gasteiger partial charge in [-0.2, -0.15) is 0 Å². The quantitative estimate of drug-likeness (QED) is 0.706. The number of aryl methyl sites for hydroxylation is 2. The summed E-state index contributed by atoms with van der Waals surface area (Å²) < 4.78 is 5.64. The Bertz CT molecular complexity index is 1080. The van der Waals surface area contributed by atoms with Crippen molar-refractivity contribution >= 4 is 17.7 Å². The second kappa shape index (κ2) is 9.24. The fourth-order valence-corrected chi connectivity index (χ4v) is 5.29. The number of amides is 3. The summed E-state index contributed by atoms with van der Waals surface area (Å²) >= 11 is 0. The summed E-state index contributed by atoms with van der Waals surface area (Å²) in [5.41, 5.74) is 2.80. The zero-order chi connectivity index (χ0) is 24.7. The third-order valence-electron chi connectivity index (χ3n) is 6.86. The van der Waals surface area contributed by atoms with Gasteiger partial charge in [-0.1, -0.05) is 38.1 Å². The highest BCUT2D eigenvalue weighted by atomic mass is 16.4. The smallest absolute Gasteiger partial charge is 0.251 e. The van der Waals surface area contributed by atoms with Crippen LogP contribution in [0.4, 0.5) is 0 Å². The van der Waals surface area contributed by atoms with E-state index in [9.17, 15) is 14.4 Å². The van der Waals surface area contributed by atoms with Crippen molar-refractivity contribution in [1.29, 1.82) is 0 Å². The number of nitrogens with one attached hydrogen (secondary N) is 1. The first kappa shape index (κ1) is 24.0.